The van der Waals surface area contributed by atoms with E-state index in [0.717, 1.165) is 34.4 Å². The van der Waals surface area contributed by atoms with Crippen molar-refractivity contribution in [3.05, 3.63) is 58.4 Å². The van der Waals surface area contributed by atoms with E-state index in [1.54, 1.807) is 0 Å². The highest BCUT2D eigenvalue weighted by molar-refractivity contribution is 9.10. The van der Waals surface area contributed by atoms with E-state index in [1.807, 2.05) is 18.2 Å². The molecule has 2 aromatic carbocycles. The third-order valence-corrected chi connectivity index (χ3v) is 4.40. The van der Waals surface area contributed by atoms with Crippen LogP contribution in [0.3, 0.4) is 0 Å². The lowest BCUT2D eigenvalue weighted by Crippen LogP contribution is -2.05. The van der Waals surface area contributed by atoms with Crippen molar-refractivity contribution in [3.63, 3.8) is 0 Å². The summed E-state index contributed by atoms with van der Waals surface area (Å²) in [6.45, 7) is 0.944. The van der Waals surface area contributed by atoms with Crippen molar-refractivity contribution in [2.75, 3.05) is 11.9 Å². The quantitative estimate of drug-likeness (QED) is 0.760. The Bertz CT molecular complexity index is 781. The summed E-state index contributed by atoms with van der Waals surface area (Å²) in [4.78, 5) is 4.59. The fourth-order valence-electron chi connectivity index (χ4n) is 2.80. The Morgan fingerprint density at radius 3 is 3.00 bits per heavy atom. The van der Waals surface area contributed by atoms with Crippen molar-refractivity contribution in [1.82, 2.24) is 4.98 Å². The topological polar surface area (TPSA) is 38.1 Å². The van der Waals surface area contributed by atoms with E-state index in [-0.39, 0.29) is 0 Å². The lowest BCUT2D eigenvalue weighted by molar-refractivity contribution is 0.506. The molecule has 0 saturated carbocycles. The van der Waals surface area contributed by atoms with Crippen molar-refractivity contribution in [2.45, 2.75) is 12.3 Å². The highest BCUT2D eigenvalue weighted by Crippen LogP contribution is 2.34. The maximum Gasteiger partial charge on any atom is 0.196 e. The summed E-state index contributed by atoms with van der Waals surface area (Å²) in [6.07, 6.45) is 0.825. The summed E-state index contributed by atoms with van der Waals surface area (Å²) in [5.41, 5.74) is 4.33. The highest BCUT2D eigenvalue weighted by Gasteiger charge is 2.23. The summed E-state index contributed by atoms with van der Waals surface area (Å²) in [5, 5.41) is 3.44. The molecule has 1 aliphatic rings. The first-order valence-electron chi connectivity index (χ1n) is 6.68. The molecule has 0 bridgehead atoms. The second-order valence-electron chi connectivity index (χ2n) is 5.06. The normalized spacial score (nSPS) is 17.1. The van der Waals surface area contributed by atoms with Crippen LogP contribution in [0.4, 0.5) is 5.69 Å². The Kier molecular flexibility index (Phi) is 2.77. The van der Waals surface area contributed by atoms with Gasteiger partial charge in [-0.25, -0.2) is 4.98 Å². The first-order chi connectivity index (χ1) is 9.81. The minimum Gasteiger partial charge on any atom is -0.439 e. The van der Waals surface area contributed by atoms with E-state index >= 15 is 0 Å². The van der Waals surface area contributed by atoms with Crippen LogP contribution in [0, 0.1) is 0 Å². The SMILES string of the molecule is Brc1cccc2nc(CC3CNc4ccccc43)oc12. The maximum atomic E-state index is 5.89. The van der Waals surface area contributed by atoms with Crippen molar-refractivity contribution in [2.24, 2.45) is 0 Å². The van der Waals surface area contributed by atoms with Crippen LogP contribution in [0.25, 0.3) is 11.1 Å². The Morgan fingerprint density at radius 2 is 2.10 bits per heavy atom. The molecule has 1 unspecified atom stereocenters. The van der Waals surface area contributed by atoms with Crippen molar-refractivity contribution in [3.8, 4) is 0 Å². The smallest absolute Gasteiger partial charge is 0.196 e. The third-order valence-electron chi connectivity index (χ3n) is 3.77. The molecule has 0 fully saturated rings. The zero-order chi connectivity index (χ0) is 13.5. The van der Waals surface area contributed by atoms with Gasteiger partial charge in [-0.2, -0.15) is 0 Å². The van der Waals surface area contributed by atoms with Gasteiger partial charge in [0.15, 0.2) is 11.5 Å². The number of oxazole rings is 1. The molecule has 4 heteroatoms. The summed E-state index contributed by atoms with van der Waals surface area (Å²) < 4.78 is 6.85. The second-order valence-corrected chi connectivity index (χ2v) is 5.92. The first-order valence-corrected chi connectivity index (χ1v) is 7.47. The summed E-state index contributed by atoms with van der Waals surface area (Å²) >= 11 is 3.50. The average molecular weight is 329 g/mol. The van der Waals surface area contributed by atoms with E-state index in [2.05, 4.69) is 50.5 Å². The number of halogens is 1. The van der Waals surface area contributed by atoms with Gasteiger partial charge in [-0.15, -0.1) is 0 Å². The van der Waals surface area contributed by atoms with Gasteiger partial charge in [-0.3, -0.25) is 0 Å². The van der Waals surface area contributed by atoms with E-state index in [9.17, 15) is 0 Å². The van der Waals surface area contributed by atoms with E-state index in [1.165, 1.54) is 11.3 Å². The van der Waals surface area contributed by atoms with Gasteiger partial charge in [-0.1, -0.05) is 24.3 Å². The van der Waals surface area contributed by atoms with E-state index in [0.29, 0.717) is 5.92 Å². The van der Waals surface area contributed by atoms with Crippen LogP contribution in [-0.4, -0.2) is 11.5 Å². The predicted molar refractivity (Wildman–Crippen MR) is 83.1 cm³/mol. The first kappa shape index (κ1) is 12.0. The van der Waals surface area contributed by atoms with Gasteiger partial charge in [-0.05, 0) is 39.7 Å². The van der Waals surface area contributed by atoms with E-state index in [4.69, 9.17) is 4.42 Å². The number of hydrogen-bond donors (Lipinski definition) is 1. The molecule has 3 aromatic rings. The molecule has 1 aromatic heterocycles. The number of anilines is 1. The molecule has 0 spiro atoms. The molecule has 0 radical (unpaired) electrons. The maximum absolute atomic E-state index is 5.89. The lowest BCUT2D eigenvalue weighted by Gasteiger charge is -2.06. The minimum absolute atomic E-state index is 0.429. The molecule has 0 aliphatic carbocycles. The summed E-state index contributed by atoms with van der Waals surface area (Å²) in [7, 11) is 0. The Balaban J connectivity index is 1.67. The third kappa shape index (κ3) is 1.91. The number of benzene rings is 2. The fraction of sp³-hybridized carbons (Fsp3) is 0.188. The molecule has 4 rings (SSSR count). The van der Waals surface area contributed by atoms with Gasteiger partial charge >= 0.3 is 0 Å². The molecule has 1 aliphatic heterocycles. The van der Waals surface area contributed by atoms with Gasteiger partial charge < -0.3 is 9.73 Å². The molecule has 0 amide bonds. The molecule has 2 heterocycles. The molecule has 20 heavy (non-hydrogen) atoms. The van der Waals surface area contributed by atoms with Crippen molar-refractivity contribution in [1.29, 1.82) is 0 Å². The van der Waals surface area contributed by atoms with Gasteiger partial charge in [0.25, 0.3) is 0 Å². The molecular weight excluding hydrogens is 316 g/mol. The summed E-state index contributed by atoms with van der Waals surface area (Å²) in [5.74, 6) is 1.23. The zero-order valence-corrected chi connectivity index (χ0v) is 12.4. The molecular formula is C16H13BrN2O. The van der Waals surface area contributed by atoms with Crippen molar-refractivity contribution < 1.29 is 4.42 Å². The molecule has 3 nitrogen and oxygen atoms in total. The monoisotopic (exact) mass is 328 g/mol. The average Bonchev–Trinajstić information content (AvgIpc) is 3.05. The van der Waals surface area contributed by atoms with E-state index < -0.39 is 0 Å². The molecule has 1 N–H and O–H groups in total. The van der Waals surface area contributed by atoms with Crippen LogP contribution >= 0.6 is 15.9 Å². The Hall–Kier alpha value is -1.81. The number of nitrogens with one attached hydrogen (secondary N) is 1. The predicted octanol–water partition coefficient (Wildman–Crippen LogP) is 4.34. The van der Waals surface area contributed by atoms with Crippen LogP contribution in [-0.2, 0) is 6.42 Å². The Labute approximate surface area is 125 Å². The second kappa shape index (κ2) is 4.63. The standard InChI is InChI=1S/C16H13BrN2O/c17-12-5-3-7-14-16(12)20-15(19-14)8-10-9-18-13-6-2-1-4-11(10)13/h1-7,10,18H,8-9H2. The number of aromatic nitrogens is 1. The van der Waals surface area contributed by atoms with Gasteiger partial charge in [0, 0.05) is 24.6 Å². The number of fused-ring (bicyclic) bond motifs is 2. The van der Waals surface area contributed by atoms with Gasteiger partial charge in [0.1, 0.15) is 5.52 Å². The Morgan fingerprint density at radius 1 is 1.20 bits per heavy atom. The minimum atomic E-state index is 0.429. The van der Waals surface area contributed by atoms with Crippen LogP contribution in [0.15, 0.2) is 51.4 Å². The number of nitrogens with zero attached hydrogens (tertiary/aromatic N) is 1. The summed E-state index contributed by atoms with van der Waals surface area (Å²) in [6, 6.07) is 14.4. The number of hydrogen-bond acceptors (Lipinski definition) is 3. The van der Waals surface area contributed by atoms with Gasteiger partial charge in [0.05, 0.1) is 4.47 Å². The molecule has 0 saturated heterocycles. The highest BCUT2D eigenvalue weighted by atomic mass is 79.9. The van der Waals surface area contributed by atoms with Gasteiger partial charge in [0.2, 0.25) is 0 Å². The largest absolute Gasteiger partial charge is 0.439 e. The molecule has 1 atom stereocenters. The van der Waals surface area contributed by atoms with Crippen LogP contribution < -0.4 is 5.32 Å². The van der Waals surface area contributed by atoms with Crippen molar-refractivity contribution >= 4 is 32.7 Å². The molecule has 100 valence electrons. The zero-order valence-electron chi connectivity index (χ0n) is 10.8. The van der Waals surface area contributed by atoms with Crippen LogP contribution in [0.2, 0.25) is 0 Å². The number of rotatable bonds is 2. The fourth-order valence-corrected chi connectivity index (χ4v) is 3.24. The van der Waals surface area contributed by atoms with Crippen LogP contribution in [0.5, 0.6) is 0 Å². The van der Waals surface area contributed by atoms with Crippen LogP contribution in [0.1, 0.15) is 17.4 Å². The number of para-hydroxylation sites is 2. The lowest BCUT2D eigenvalue weighted by atomic mass is 9.98.